The first-order chi connectivity index (χ1) is 9.30. The summed E-state index contributed by atoms with van der Waals surface area (Å²) in [5.41, 5.74) is 2.31. The molecule has 4 N–H and O–H groups in total. The molecule has 0 radical (unpaired) electrons. The fraction of sp³-hybridized carbons (Fsp3) is 0.385. The summed E-state index contributed by atoms with van der Waals surface area (Å²) in [4.78, 5) is 22.3. The number of anilines is 1. The van der Waals surface area contributed by atoms with Crippen LogP contribution in [0.1, 0.15) is 26.3 Å². The summed E-state index contributed by atoms with van der Waals surface area (Å²) in [5, 5.41) is 13.4. The molecule has 1 aromatic rings. The predicted octanol–water partition coefficient (Wildman–Crippen LogP) is 2.22. The van der Waals surface area contributed by atoms with Crippen LogP contribution in [0.15, 0.2) is 24.3 Å². The van der Waals surface area contributed by atoms with Crippen molar-refractivity contribution >= 4 is 17.8 Å². The van der Waals surface area contributed by atoms with Crippen molar-refractivity contribution in [2.24, 2.45) is 0 Å². The van der Waals surface area contributed by atoms with E-state index in [9.17, 15) is 9.59 Å². The van der Waals surface area contributed by atoms with E-state index in [1.807, 2.05) is 0 Å². The van der Waals surface area contributed by atoms with Gasteiger partial charge in [0.05, 0.1) is 0 Å². The van der Waals surface area contributed by atoms with E-state index in [0.717, 1.165) is 5.56 Å². The molecule has 0 spiro atoms. The van der Waals surface area contributed by atoms with Crippen LogP contribution in [0.3, 0.4) is 0 Å². The molecule has 20 heavy (non-hydrogen) atoms. The minimum atomic E-state index is -0.718. The van der Waals surface area contributed by atoms with Crippen LogP contribution in [0.2, 0.25) is 0 Å². The molecular weight excluding hydrogens is 262 g/mol. The zero-order valence-electron chi connectivity index (χ0n) is 11.7. The first kappa shape index (κ1) is 15.8. The van der Waals surface area contributed by atoms with Gasteiger partial charge in [0, 0.05) is 12.2 Å². The fourth-order valence-corrected chi connectivity index (χ4v) is 1.35. The highest BCUT2D eigenvalue weighted by atomic mass is 16.6. The number of hydroxylamine groups is 1. The van der Waals surface area contributed by atoms with Gasteiger partial charge in [-0.2, -0.15) is 0 Å². The van der Waals surface area contributed by atoms with E-state index in [1.165, 1.54) is 5.48 Å². The molecule has 0 saturated carbocycles. The van der Waals surface area contributed by atoms with E-state index in [1.54, 1.807) is 45.0 Å². The first-order valence-corrected chi connectivity index (χ1v) is 6.07. The van der Waals surface area contributed by atoms with E-state index >= 15 is 0 Å². The summed E-state index contributed by atoms with van der Waals surface area (Å²) < 4.78 is 5.11. The van der Waals surface area contributed by atoms with Crippen LogP contribution in [0.25, 0.3) is 0 Å². The standard InChI is InChI=1S/C13H19N3O4/c1-13(2,3)20-12(18)14-8-9-4-6-10(7-5-9)15-11(17)16-19/h4-7,19H,8H2,1-3H3,(H,14,18)(H2,15,16,17). The van der Waals surface area contributed by atoms with Crippen LogP contribution < -0.4 is 16.1 Å². The third-order valence-corrected chi connectivity index (χ3v) is 2.15. The van der Waals surface area contributed by atoms with Crippen LogP contribution in [0, 0.1) is 0 Å². The third kappa shape index (κ3) is 6.05. The highest BCUT2D eigenvalue weighted by Crippen LogP contribution is 2.10. The maximum atomic E-state index is 11.5. The Hall–Kier alpha value is -2.28. The highest BCUT2D eigenvalue weighted by Gasteiger charge is 2.15. The Labute approximate surface area is 117 Å². The first-order valence-electron chi connectivity index (χ1n) is 6.07. The Kier molecular flexibility index (Phi) is 5.33. The summed E-state index contributed by atoms with van der Waals surface area (Å²) in [6.45, 7) is 5.69. The molecule has 1 aromatic carbocycles. The van der Waals surface area contributed by atoms with Crippen molar-refractivity contribution in [1.29, 1.82) is 0 Å². The molecule has 110 valence electrons. The van der Waals surface area contributed by atoms with E-state index < -0.39 is 17.7 Å². The summed E-state index contributed by atoms with van der Waals surface area (Å²) in [6, 6.07) is 6.07. The number of hydrogen-bond acceptors (Lipinski definition) is 4. The number of carbonyl (C=O) groups excluding carboxylic acids is 2. The number of carbonyl (C=O) groups is 2. The number of nitrogens with one attached hydrogen (secondary N) is 3. The number of amides is 3. The summed E-state index contributed by atoms with van der Waals surface area (Å²) in [5.74, 6) is 0. The van der Waals surface area contributed by atoms with E-state index in [-0.39, 0.29) is 0 Å². The van der Waals surface area contributed by atoms with Crippen LogP contribution in [-0.2, 0) is 11.3 Å². The minimum Gasteiger partial charge on any atom is -0.444 e. The van der Waals surface area contributed by atoms with Crippen molar-refractivity contribution in [3.63, 3.8) is 0 Å². The lowest BCUT2D eigenvalue weighted by Crippen LogP contribution is -2.32. The van der Waals surface area contributed by atoms with Crippen molar-refractivity contribution in [3.05, 3.63) is 29.8 Å². The van der Waals surface area contributed by atoms with Crippen LogP contribution >= 0.6 is 0 Å². The van der Waals surface area contributed by atoms with Crippen LogP contribution in [0.4, 0.5) is 15.3 Å². The Balaban J connectivity index is 2.46. The van der Waals surface area contributed by atoms with Crippen molar-refractivity contribution < 1.29 is 19.5 Å². The quantitative estimate of drug-likeness (QED) is 0.504. The zero-order chi connectivity index (χ0) is 15.2. The van der Waals surface area contributed by atoms with Gasteiger partial charge in [0.2, 0.25) is 0 Å². The van der Waals surface area contributed by atoms with Crippen LogP contribution in [-0.4, -0.2) is 22.9 Å². The molecule has 0 aliphatic rings. The summed E-state index contributed by atoms with van der Waals surface area (Å²) in [6.07, 6.45) is -0.487. The molecule has 0 atom stereocenters. The minimum absolute atomic E-state index is 0.321. The van der Waals surface area contributed by atoms with Crippen LogP contribution in [0.5, 0.6) is 0 Å². The van der Waals surface area contributed by atoms with Crippen molar-refractivity contribution in [2.75, 3.05) is 5.32 Å². The smallest absolute Gasteiger partial charge is 0.407 e. The van der Waals surface area contributed by atoms with E-state index in [2.05, 4.69) is 10.6 Å². The Bertz CT molecular complexity index is 465. The fourth-order valence-electron chi connectivity index (χ4n) is 1.35. The maximum Gasteiger partial charge on any atom is 0.407 e. The van der Waals surface area contributed by atoms with Gasteiger partial charge in [-0.1, -0.05) is 12.1 Å². The number of ether oxygens (including phenoxy) is 1. The van der Waals surface area contributed by atoms with Gasteiger partial charge in [0.15, 0.2) is 0 Å². The second kappa shape index (κ2) is 6.76. The number of benzene rings is 1. The number of hydrogen-bond donors (Lipinski definition) is 4. The molecule has 7 heteroatoms. The summed E-state index contributed by atoms with van der Waals surface area (Å²) >= 11 is 0. The summed E-state index contributed by atoms with van der Waals surface area (Å²) in [7, 11) is 0. The number of rotatable bonds is 3. The van der Waals surface area contributed by atoms with Crippen molar-refractivity contribution in [3.8, 4) is 0 Å². The maximum absolute atomic E-state index is 11.5. The topological polar surface area (TPSA) is 99.7 Å². The molecule has 0 aliphatic heterocycles. The average molecular weight is 281 g/mol. The van der Waals surface area contributed by atoms with Gasteiger partial charge in [-0.3, -0.25) is 5.21 Å². The molecule has 0 heterocycles. The third-order valence-electron chi connectivity index (χ3n) is 2.15. The van der Waals surface area contributed by atoms with Gasteiger partial charge >= 0.3 is 12.1 Å². The van der Waals surface area contributed by atoms with Crippen molar-refractivity contribution in [1.82, 2.24) is 10.8 Å². The van der Waals surface area contributed by atoms with Gasteiger partial charge in [0.25, 0.3) is 0 Å². The average Bonchev–Trinajstić information content (AvgIpc) is 2.36. The van der Waals surface area contributed by atoms with Gasteiger partial charge < -0.3 is 15.4 Å². The monoisotopic (exact) mass is 281 g/mol. The van der Waals surface area contributed by atoms with Crippen molar-refractivity contribution in [2.45, 2.75) is 32.9 Å². The van der Waals surface area contributed by atoms with Gasteiger partial charge in [-0.15, -0.1) is 0 Å². The van der Waals surface area contributed by atoms with Gasteiger partial charge in [-0.05, 0) is 38.5 Å². The Morgan fingerprint density at radius 2 is 1.80 bits per heavy atom. The molecule has 0 bridgehead atoms. The molecule has 0 fully saturated rings. The van der Waals surface area contributed by atoms with Gasteiger partial charge in [0.1, 0.15) is 5.60 Å². The molecule has 3 amide bonds. The predicted molar refractivity (Wildman–Crippen MR) is 73.5 cm³/mol. The second-order valence-electron chi connectivity index (χ2n) is 5.12. The molecular formula is C13H19N3O4. The molecule has 1 rings (SSSR count). The molecule has 0 saturated heterocycles. The second-order valence-corrected chi connectivity index (χ2v) is 5.12. The zero-order valence-corrected chi connectivity index (χ0v) is 11.7. The SMILES string of the molecule is CC(C)(C)OC(=O)NCc1ccc(NC(=O)NO)cc1. The molecule has 0 unspecified atom stereocenters. The van der Waals surface area contributed by atoms with Gasteiger partial charge in [-0.25, -0.2) is 15.1 Å². The molecule has 0 aromatic heterocycles. The lowest BCUT2D eigenvalue weighted by Gasteiger charge is -2.19. The normalized spacial score (nSPS) is 10.6. The Morgan fingerprint density at radius 1 is 1.20 bits per heavy atom. The number of urea groups is 1. The largest absolute Gasteiger partial charge is 0.444 e. The lowest BCUT2D eigenvalue weighted by atomic mass is 10.2. The molecule has 0 aliphatic carbocycles. The molecule has 7 nitrogen and oxygen atoms in total. The van der Waals surface area contributed by atoms with E-state index in [0.29, 0.717) is 12.2 Å². The number of alkyl carbamates (subject to hydrolysis) is 1. The Morgan fingerprint density at radius 3 is 2.30 bits per heavy atom. The lowest BCUT2D eigenvalue weighted by molar-refractivity contribution is 0.0523. The van der Waals surface area contributed by atoms with E-state index in [4.69, 9.17) is 9.94 Å². The highest BCUT2D eigenvalue weighted by molar-refractivity contribution is 5.88.